The Morgan fingerprint density at radius 1 is 1.26 bits per heavy atom. The summed E-state index contributed by atoms with van der Waals surface area (Å²) in [6, 6.07) is 6.10. The highest BCUT2D eigenvalue weighted by Crippen LogP contribution is 2.48. The summed E-state index contributed by atoms with van der Waals surface area (Å²) in [7, 11) is 0. The van der Waals surface area contributed by atoms with Gasteiger partial charge in [-0.15, -0.1) is 24.2 Å². The van der Waals surface area contributed by atoms with Gasteiger partial charge in [-0.1, -0.05) is 11.6 Å². The van der Waals surface area contributed by atoms with Gasteiger partial charge in [-0.25, -0.2) is 0 Å². The van der Waals surface area contributed by atoms with Crippen molar-refractivity contribution >= 4 is 41.7 Å². The van der Waals surface area contributed by atoms with Crippen LogP contribution in [0.3, 0.4) is 0 Å². The van der Waals surface area contributed by atoms with Crippen molar-refractivity contribution in [1.29, 1.82) is 0 Å². The highest BCUT2D eigenvalue weighted by Gasteiger charge is 2.49. The van der Waals surface area contributed by atoms with Crippen LogP contribution in [0.15, 0.2) is 23.1 Å². The first-order valence-corrected chi connectivity index (χ1v) is 9.48. The van der Waals surface area contributed by atoms with Gasteiger partial charge >= 0.3 is 0 Å². The maximum atomic E-state index is 12.8. The van der Waals surface area contributed by atoms with E-state index in [1.54, 1.807) is 0 Å². The molecule has 4 rings (SSSR count). The van der Waals surface area contributed by atoms with Crippen LogP contribution in [0, 0.1) is 17.8 Å². The minimum atomic E-state index is 0. The molecule has 2 fully saturated rings. The monoisotopic (exact) mass is 372 g/mol. The highest BCUT2D eigenvalue weighted by atomic mass is 35.5. The molecule has 2 saturated carbocycles. The third-order valence-corrected chi connectivity index (χ3v) is 6.97. The molecule has 3 N–H and O–H groups in total. The van der Waals surface area contributed by atoms with E-state index in [0.29, 0.717) is 11.8 Å². The van der Waals surface area contributed by atoms with Crippen LogP contribution >= 0.6 is 35.8 Å². The number of carbonyl (C=O) groups excluding carboxylic acids is 1. The van der Waals surface area contributed by atoms with Gasteiger partial charge in [0.2, 0.25) is 5.91 Å². The summed E-state index contributed by atoms with van der Waals surface area (Å²) in [6.45, 7) is 0. The first kappa shape index (κ1) is 17.4. The summed E-state index contributed by atoms with van der Waals surface area (Å²) in [5, 5.41) is 4.00. The SMILES string of the molecule is Cl.NC1C2CCC(C2)C1C(=O)NC1CCSc2ccc(Cl)cc21. The predicted octanol–water partition coefficient (Wildman–Crippen LogP) is 3.79. The quantitative estimate of drug-likeness (QED) is 0.829. The molecule has 2 aliphatic carbocycles. The number of rotatable bonds is 2. The number of nitrogens with one attached hydrogen (secondary N) is 1. The Kier molecular flexibility index (Phi) is 5.17. The van der Waals surface area contributed by atoms with Crippen LogP contribution in [0.5, 0.6) is 0 Å². The van der Waals surface area contributed by atoms with Crippen LogP contribution in [-0.2, 0) is 4.79 Å². The molecule has 1 aliphatic heterocycles. The maximum Gasteiger partial charge on any atom is 0.225 e. The molecule has 0 spiro atoms. The number of thioether (sulfide) groups is 1. The first-order valence-electron chi connectivity index (χ1n) is 8.11. The molecule has 23 heavy (non-hydrogen) atoms. The molecule has 5 unspecified atom stereocenters. The summed E-state index contributed by atoms with van der Waals surface area (Å²) in [5.74, 6) is 2.25. The third-order valence-electron chi connectivity index (χ3n) is 5.61. The number of carbonyl (C=O) groups is 1. The lowest BCUT2D eigenvalue weighted by Crippen LogP contribution is -2.46. The lowest BCUT2D eigenvalue weighted by molar-refractivity contribution is -0.127. The minimum Gasteiger partial charge on any atom is -0.349 e. The van der Waals surface area contributed by atoms with E-state index in [1.807, 2.05) is 23.9 Å². The molecule has 6 heteroatoms. The summed E-state index contributed by atoms with van der Waals surface area (Å²) >= 11 is 7.98. The lowest BCUT2D eigenvalue weighted by atomic mass is 9.84. The summed E-state index contributed by atoms with van der Waals surface area (Å²) in [4.78, 5) is 14.0. The van der Waals surface area contributed by atoms with E-state index >= 15 is 0 Å². The highest BCUT2D eigenvalue weighted by molar-refractivity contribution is 7.99. The van der Waals surface area contributed by atoms with Crippen molar-refractivity contribution in [2.75, 3.05) is 5.75 Å². The minimum absolute atomic E-state index is 0. The molecule has 0 saturated heterocycles. The Balaban J connectivity index is 0.00000156. The van der Waals surface area contributed by atoms with E-state index in [2.05, 4.69) is 11.4 Å². The van der Waals surface area contributed by atoms with Crippen LogP contribution < -0.4 is 11.1 Å². The molecule has 1 aromatic rings. The zero-order valence-electron chi connectivity index (χ0n) is 12.8. The van der Waals surface area contributed by atoms with Crippen molar-refractivity contribution in [3.8, 4) is 0 Å². The van der Waals surface area contributed by atoms with E-state index in [1.165, 1.54) is 17.7 Å². The van der Waals surface area contributed by atoms with E-state index < -0.39 is 0 Å². The maximum absolute atomic E-state index is 12.8. The number of benzene rings is 1. The van der Waals surface area contributed by atoms with Crippen LogP contribution in [0.1, 0.15) is 37.3 Å². The number of hydrogen-bond acceptors (Lipinski definition) is 3. The molecule has 1 aromatic carbocycles. The van der Waals surface area contributed by atoms with Crippen molar-refractivity contribution in [2.45, 2.75) is 42.7 Å². The van der Waals surface area contributed by atoms with Crippen LogP contribution in [0.4, 0.5) is 0 Å². The average molecular weight is 373 g/mol. The van der Waals surface area contributed by atoms with Gasteiger partial charge in [0, 0.05) is 21.7 Å². The molecule has 126 valence electrons. The van der Waals surface area contributed by atoms with Gasteiger partial charge in [0.05, 0.1) is 12.0 Å². The molecule has 2 bridgehead atoms. The van der Waals surface area contributed by atoms with Crippen LogP contribution in [-0.4, -0.2) is 17.7 Å². The van der Waals surface area contributed by atoms with Gasteiger partial charge in [0.15, 0.2) is 0 Å². The number of nitrogens with two attached hydrogens (primary N) is 1. The van der Waals surface area contributed by atoms with Crippen LogP contribution in [0.2, 0.25) is 5.02 Å². The molecule has 5 atom stereocenters. The molecular formula is C17H22Cl2N2OS. The smallest absolute Gasteiger partial charge is 0.225 e. The second kappa shape index (κ2) is 6.83. The molecule has 0 radical (unpaired) electrons. The second-order valence-corrected chi connectivity index (χ2v) is 8.39. The number of fused-ring (bicyclic) bond motifs is 3. The van der Waals surface area contributed by atoms with Gasteiger partial charge in [-0.05, 0) is 61.3 Å². The topological polar surface area (TPSA) is 55.1 Å². The normalized spacial score (nSPS) is 34.6. The molecular weight excluding hydrogens is 351 g/mol. The van der Waals surface area contributed by atoms with Gasteiger partial charge in [-0.2, -0.15) is 0 Å². The van der Waals surface area contributed by atoms with Crippen molar-refractivity contribution in [3.05, 3.63) is 28.8 Å². The number of hydrogen-bond donors (Lipinski definition) is 2. The molecule has 1 amide bonds. The first-order chi connectivity index (χ1) is 10.6. The fraction of sp³-hybridized carbons (Fsp3) is 0.588. The van der Waals surface area contributed by atoms with Gasteiger partial charge in [-0.3, -0.25) is 4.79 Å². The Morgan fingerprint density at radius 2 is 2.04 bits per heavy atom. The molecule has 1 heterocycles. The van der Waals surface area contributed by atoms with Gasteiger partial charge in [0.25, 0.3) is 0 Å². The average Bonchev–Trinajstić information content (AvgIpc) is 3.08. The van der Waals surface area contributed by atoms with Gasteiger partial charge < -0.3 is 11.1 Å². The van der Waals surface area contributed by atoms with Crippen molar-refractivity contribution < 1.29 is 4.79 Å². The van der Waals surface area contributed by atoms with Crippen molar-refractivity contribution in [3.63, 3.8) is 0 Å². The molecule has 3 aliphatic rings. The zero-order chi connectivity index (χ0) is 15.3. The lowest BCUT2D eigenvalue weighted by Gasteiger charge is -2.31. The van der Waals surface area contributed by atoms with Gasteiger partial charge in [0.1, 0.15) is 0 Å². The summed E-state index contributed by atoms with van der Waals surface area (Å²) < 4.78 is 0. The van der Waals surface area contributed by atoms with E-state index in [0.717, 1.165) is 29.2 Å². The fourth-order valence-electron chi connectivity index (χ4n) is 4.51. The Labute approximate surface area is 152 Å². The number of amides is 1. The van der Waals surface area contributed by atoms with E-state index in [-0.39, 0.29) is 36.3 Å². The number of halogens is 2. The Morgan fingerprint density at radius 3 is 2.78 bits per heavy atom. The summed E-state index contributed by atoms with van der Waals surface area (Å²) in [6.07, 6.45) is 4.47. The van der Waals surface area contributed by atoms with E-state index in [4.69, 9.17) is 17.3 Å². The largest absolute Gasteiger partial charge is 0.349 e. The molecule has 3 nitrogen and oxygen atoms in total. The zero-order valence-corrected chi connectivity index (χ0v) is 15.2. The van der Waals surface area contributed by atoms with E-state index in [9.17, 15) is 4.79 Å². The fourth-order valence-corrected chi connectivity index (χ4v) is 5.79. The van der Waals surface area contributed by atoms with Crippen molar-refractivity contribution in [2.24, 2.45) is 23.5 Å². The molecule has 0 aromatic heterocycles. The third kappa shape index (κ3) is 3.11. The predicted molar refractivity (Wildman–Crippen MR) is 97.2 cm³/mol. The van der Waals surface area contributed by atoms with Crippen molar-refractivity contribution in [1.82, 2.24) is 5.32 Å². The van der Waals surface area contributed by atoms with Crippen LogP contribution in [0.25, 0.3) is 0 Å². The second-order valence-electron chi connectivity index (χ2n) is 6.82. The Bertz CT molecular complexity index is 610. The standard InChI is InChI=1S/C17H21ClN2OS.ClH/c18-11-3-4-14-12(8-11)13(5-6-22-14)20-17(21)15-9-1-2-10(7-9)16(15)19;/h3-4,8-10,13,15-16H,1-2,5-7,19H2,(H,20,21);1H. The summed E-state index contributed by atoms with van der Waals surface area (Å²) in [5.41, 5.74) is 7.46. The Hall–Kier alpha value is -0.420.